The van der Waals surface area contributed by atoms with Crippen molar-refractivity contribution in [3.8, 4) is 5.69 Å². The molecule has 0 fully saturated rings. The monoisotopic (exact) mass is 230 g/mol. The molecule has 1 heterocycles. The fourth-order valence-electron chi connectivity index (χ4n) is 1.66. The molecule has 0 atom stereocenters. The van der Waals surface area contributed by atoms with E-state index in [4.69, 9.17) is 10.9 Å². The van der Waals surface area contributed by atoms with E-state index >= 15 is 0 Å². The quantitative estimate of drug-likeness (QED) is 0.356. The maximum absolute atomic E-state index is 8.79. The summed E-state index contributed by atoms with van der Waals surface area (Å²) in [5.41, 5.74) is 9.07. The Labute approximate surface area is 99.2 Å². The van der Waals surface area contributed by atoms with Crippen LogP contribution in [0.15, 0.2) is 35.6 Å². The van der Waals surface area contributed by atoms with Crippen molar-refractivity contribution in [1.82, 2.24) is 9.78 Å². The Morgan fingerprint density at radius 3 is 2.71 bits per heavy atom. The molecule has 0 aliphatic carbocycles. The first-order valence-corrected chi connectivity index (χ1v) is 5.23. The van der Waals surface area contributed by atoms with E-state index in [1.165, 1.54) is 0 Å². The summed E-state index contributed by atoms with van der Waals surface area (Å²) >= 11 is 0. The third-order valence-corrected chi connectivity index (χ3v) is 2.50. The minimum Gasteiger partial charge on any atom is -0.409 e. The van der Waals surface area contributed by atoms with E-state index in [0.717, 1.165) is 16.9 Å². The largest absolute Gasteiger partial charge is 0.409 e. The van der Waals surface area contributed by atoms with Crippen molar-refractivity contribution in [2.45, 2.75) is 13.8 Å². The molecule has 2 aromatic rings. The first kappa shape index (κ1) is 11.2. The van der Waals surface area contributed by atoms with Crippen LogP contribution in [0.5, 0.6) is 0 Å². The molecule has 0 unspecified atom stereocenters. The summed E-state index contributed by atoms with van der Waals surface area (Å²) in [5, 5.41) is 16.1. The van der Waals surface area contributed by atoms with Gasteiger partial charge in [-0.2, -0.15) is 5.10 Å². The van der Waals surface area contributed by atoms with Gasteiger partial charge in [0.15, 0.2) is 5.84 Å². The predicted octanol–water partition coefficient (Wildman–Crippen LogP) is 1.58. The summed E-state index contributed by atoms with van der Waals surface area (Å²) in [5.74, 6) is 0.0804. The number of benzene rings is 1. The molecule has 0 saturated heterocycles. The number of amidine groups is 1. The number of hydrogen-bond acceptors (Lipinski definition) is 3. The lowest BCUT2D eigenvalue weighted by atomic mass is 10.1. The van der Waals surface area contributed by atoms with Crippen LogP contribution < -0.4 is 5.73 Å². The molecule has 3 N–H and O–H groups in total. The molecule has 2 rings (SSSR count). The first-order valence-electron chi connectivity index (χ1n) is 5.23. The maximum Gasteiger partial charge on any atom is 0.172 e. The standard InChI is InChI=1S/C12H14N4O/c1-8-3-4-11(10(7-8)12(13)15-17)16-6-5-9(2)14-16/h3-7,17H,1-2H3,(H2,13,15). The van der Waals surface area contributed by atoms with Gasteiger partial charge in [-0.3, -0.25) is 0 Å². The Bertz CT molecular complexity index is 572. The van der Waals surface area contributed by atoms with Crippen LogP contribution in [0.25, 0.3) is 5.69 Å². The summed E-state index contributed by atoms with van der Waals surface area (Å²) in [6.45, 7) is 3.86. The molecule has 17 heavy (non-hydrogen) atoms. The molecule has 0 saturated carbocycles. The third kappa shape index (κ3) is 2.13. The summed E-state index contributed by atoms with van der Waals surface area (Å²) < 4.78 is 1.71. The van der Waals surface area contributed by atoms with Crippen molar-refractivity contribution in [1.29, 1.82) is 0 Å². The topological polar surface area (TPSA) is 76.4 Å². The van der Waals surface area contributed by atoms with Crippen LogP contribution in [-0.2, 0) is 0 Å². The molecule has 1 aromatic heterocycles. The second kappa shape index (κ2) is 4.29. The highest BCUT2D eigenvalue weighted by Crippen LogP contribution is 2.16. The number of nitrogens with two attached hydrogens (primary N) is 1. The number of aromatic nitrogens is 2. The van der Waals surface area contributed by atoms with Crippen LogP contribution in [-0.4, -0.2) is 20.8 Å². The molecular formula is C12H14N4O. The van der Waals surface area contributed by atoms with Crippen LogP contribution in [0.2, 0.25) is 0 Å². The fraction of sp³-hybridized carbons (Fsp3) is 0.167. The number of oxime groups is 1. The zero-order valence-corrected chi connectivity index (χ0v) is 9.75. The first-order chi connectivity index (χ1) is 8.11. The number of nitrogens with zero attached hydrogens (tertiary/aromatic N) is 3. The average Bonchev–Trinajstić information content (AvgIpc) is 2.74. The van der Waals surface area contributed by atoms with Gasteiger partial charge in [0, 0.05) is 11.8 Å². The van der Waals surface area contributed by atoms with E-state index in [2.05, 4.69) is 10.3 Å². The summed E-state index contributed by atoms with van der Waals surface area (Å²) in [7, 11) is 0. The van der Waals surface area contributed by atoms with Crippen LogP contribution in [0.3, 0.4) is 0 Å². The SMILES string of the molecule is Cc1ccc(-n2ccc(C)n2)c(/C(N)=N/O)c1. The van der Waals surface area contributed by atoms with Gasteiger partial charge in [-0.1, -0.05) is 16.8 Å². The van der Waals surface area contributed by atoms with Gasteiger partial charge < -0.3 is 10.9 Å². The molecule has 5 heteroatoms. The van der Waals surface area contributed by atoms with Crippen molar-refractivity contribution in [2.75, 3.05) is 0 Å². The molecule has 1 aromatic carbocycles. The highest BCUT2D eigenvalue weighted by molar-refractivity contribution is 6.00. The molecule has 88 valence electrons. The highest BCUT2D eigenvalue weighted by Gasteiger charge is 2.09. The summed E-state index contributed by atoms with van der Waals surface area (Å²) in [4.78, 5) is 0. The van der Waals surface area contributed by atoms with Crippen molar-refractivity contribution < 1.29 is 5.21 Å². The van der Waals surface area contributed by atoms with Crippen LogP contribution in [0.4, 0.5) is 0 Å². The summed E-state index contributed by atoms with van der Waals surface area (Å²) in [6.07, 6.45) is 1.84. The van der Waals surface area contributed by atoms with Crippen LogP contribution >= 0.6 is 0 Å². The van der Waals surface area contributed by atoms with Crippen LogP contribution in [0, 0.1) is 13.8 Å². The van der Waals surface area contributed by atoms with Gasteiger partial charge in [0.25, 0.3) is 0 Å². The van der Waals surface area contributed by atoms with E-state index in [1.807, 2.05) is 44.3 Å². The Morgan fingerprint density at radius 2 is 2.12 bits per heavy atom. The van der Waals surface area contributed by atoms with Crippen molar-refractivity contribution in [3.05, 3.63) is 47.3 Å². The highest BCUT2D eigenvalue weighted by atomic mass is 16.4. The minimum absolute atomic E-state index is 0.0804. The van der Waals surface area contributed by atoms with Gasteiger partial charge in [-0.05, 0) is 32.0 Å². The maximum atomic E-state index is 8.79. The molecule has 0 radical (unpaired) electrons. The molecule has 0 spiro atoms. The third-order valence-electron chi connectivity index (χ3n) is 2.50. The van der Waals surface area contributed by atoms with Gasteiger partial charge in [0.05, 0.1) is 11.4 Å². The zero-order valence-electron chi connectivity index (χ0n) is 9.75. The van der Waals surface area contributed by atoms with Gasteiger partial charge in [0.1, 0.15) is 0 Å². The van der Waals surface area contributed by atoms with Gasteiger partial charge in [-0.25, -0.2) is 4.68 Å². The van der Waals surface area contributed by atoms with E-state index in [0.29, 0.717) is 5.56 Å². The van der Waals surface area contributed by atoms with Gasteiger partial charge >= 0.3 is 0 Å². The number of aryl methyl sites for hydroxylation is 2. The van der Waals surface area contributed by atoms with E-state index in [9.17, 15) is 0 Å². The van der Waals surface area contributed by atoms with Crippen LogP contribution in [0.1, 0.15) is 16.8 Å². The Morgan fingerprint density at radius 1 is 1.35 bits per heavy atom. The lowest BCUT2D eigenvalue weighted by molar-refractivity contribution is 0.318. The number of rotatable bonds is 2. The molecule has 0 bridgehead atoms. The van der Waals surface area contributed by atoms with Crippen molar-refractivity contribution in [2.24, 2.45) is 10.9 Å². The van der Waals surface area contributed by atoms with E-state index in [1.54, 1.807) is 4.68 Å². The molecule has 0 aliphatic heterocycles. The molecule has 5 nitrogen and oxygen atoms in total. The Balaban J connectivity index is 2.61. The second-order valence-corrected chi connectivity index (χ2v) is 3.91. The average molecular weight is 230 g/mol. The zero-order chi connectivity index (χ0) is 12.4. The number of hydrogen-bond donors (Lipinski definition) is 2. The second-order valence-electron chi connectivity index (χ2n) is 3.91. The Kier molecular flexibility index (Phi) is 2.82. The van der Waals surface area contributed by atoms with Crippen molar-refractivity contribution >= 4 is 5.84 Å². The van der Waals surface area contributed by atoms with E-state index in [-0.39, 0.29) is 5.84 Å². The molecule has 0 aliphatic rings. The minimum atomic E-state index is 0.0804. The normalized spacial score (nSPS) is 11.8. The van der Waals surface area contributed by atoms with Crippen molar-refractivity contribution in [3.63, 3.8) is 0 Å². The summed E-state index contributed by atoms with van der Waals surface area (Å²) in [6, 6.07) is 7.62. The predicted molar refractivity (Wildman–Crippen MR) is 65.5 cm³/mol. The Hall–Kier alpha value is -2.30. The molecular weight excluding hydrogens is 216 g/mol. The van der Waals surface area contributed by atoms with Gasteiger partial charge in [-0.15, -0.1) is 0 Å². The fourth-order valence-corrected chi connectivity index (χ4v) is 1.66. The van der Waals surface area contributed by atoms with E-state index < -0.39 is 0 Å². The van der Waals surface area contributed by atoms with Gasteiger partial charge in [0.2, 0.25) is 0 Å². The smallest absolute Gasteiger partial charge is 0.172 e. The molecule has 0 amide bonds. The lowest BCUT2D eigenvalue weighted by Crippen LogP contribution is -2.16. The lowest BCUT2D eigenvalue weighted by Gasteiger charge is -2.09.